The third kappa shape index (κ3) is 4.49. The molecule has 0 bridgehead atoms. The quantitative estimate of drug-likeness (QED) is 0.440. The lowest BCUT2D eigenvalue weighted by molar-refractivity contribution is 0.679. The Labute approximate surface area is 169 Å². The van der Waals surface area contributed by atoms with Crippen LogP contribution < -0.4 is 10.6 Å². The first-order chi connectivity index (χ1) is 14.0. The van der Waals surface area contributed by atoms with Crippen LogP contribution in [0.15, 0.2) is 78.2 Å². The summed E-state index contributed by atoms with van der Waals surface area (Å²) in [7, 11) is -2.72. The first kappa shape index (κ1) is 18.8. The maximum Gasteiger partial charge on any atom is 0.141 e. The van der Waals surface area contributed by atoms with Gasteiger partial charge in [-0.15, -0.1) is 0 Å². The Balaban J connectivity index is 1.54. The van der Waals surface area contributed by atoms with E-state index in [2.05, 4.69) is 25.6 Å². The summed E-state index contributed by atoms with van der Waals surface area (Å²) in [5.74, 6) is 0.718. The third-order valence-corrected chi connectivity index (χ3v) is 5.56. The minimum absolute atomic E-state index is 0.536. The molecule has 4 aromatic rings. The highest BCUT2D eigenvalue weighted by molar-refractivity contribution is 7.91. The van der Waals surface area contributed by atoms with E-state index >= 15 is 0 Å². The van der Waals surface area contributed by atoms with Gasteiger partial charge in [-0.2, -0.15) is 0 Å². The van der Waals surface area contributed by atoms with Crippen LogP contribution >= 0.6 is 0 Å². The number of benzene rings is 2. The number of hydrogen-bond donors (Lipinski definition) is 3. The van der Waals surface area contributed by atoms with Crippen molar-refractivity contribution in [2.24, 2.45) is 0 Å². The molecular formula is C21H20N6OS. The Hall–Kier alpha value is -3.52. The lowest BCUT2D eigenvalue weighted by atomic mass is 10.2. The minimum Gasteiger partial charge on any atom is -0.381 e. The molecule has 0 fully saturated rings. The topological polar surface area (TPSA) is 104 Å². The molecule has 0 saturated heterocycles. The molecule has 1 atom stereocenters. The summed E-state index contributed by atoms with van der Waals surface area (Å²) in [5.41, 5.74) is 3.55. The van der Waals surface area contributed by atoms with E-state index in [0.717, 1.165) is 33.7 Å². The number of rotatable bonds is 6. The predicted octanol–water partition coefficient (Wildman–Crippen LogP) is 4.42. The number of fused-ring (bicyclic) bond motifs is 1. The number of anilines is 3. The van der Waals surface area contributed by atoms with Gasteiger partial charge in [-0.3, -0.25) is 4.98 Å². The van der Waals surface area contributed by atoms with Gasteiger partial charge in [0.15, 0.2) is 0 Å². The molecule has 0 aliphatic heterocycles. The van der Waals surface area contributed by atoms with Crippen LogP contribution in [0, 0.1) is 4.78 Å². The second kappa shape index (κ2) is 7.84. The molecule has 2 aromatic carbocycles. The molecule has 3 N–H and O–H groups in total. The van der Waals surface area contributed by atoms with Crippen molar-refractivity contribution >= 4 is 37.8 Å². The maximum atomic E-state index is 11.9. The summed E-state index contributed by atoms with van der Waals surface area (Å²) in [6.07, 6.45) is 6.42. The van der Waals surface area contributed by atoms with Crippen LogP contribution in [-0.2, 0) is 16.3 Å². The predicted molar refractivity (Wildman–Crippen MR) is 116 cm³/mol. The number of nitrogens with zero attached hydrogens (tertiary/aromatic N) is 3. The van der Waals surface area contributed by atoms with E-state index < -0.39 is 9.73 Å². The molecule has 0 radical (unpaired) electrons. The zero-order valence-corrected chi connectivity index (χ0v) is 16.6. The van der Waals surface area contributed by atoms with Gasteiger partial charge in [0, 0.05) is 35.0 Å². The fourth-order valence-corrected chi connectivity index (χ4v) is 3.66. The number of hydrogen-bond acceptors (Lipinski definition) is 7. The molecule has 0 spiro atoms. The van der Waals surface area contributed by atoms with Gasteiger partial charge in [-0.1, -0.05) is 12.1 Å². The van der Waals surface area contributed by atoms with Gasteiger partial charge >= 0.3 is 0 Å². The monoisotopic (exact) mass is 404 g/mol. The van der Waals surface area contributed by atoms with Crippen LogP contribution in [0.25, 0.3) is 10.9 Å². The molecule has 29 heavy (non-hydrogen) atoms. The van der Waals surface area contributed by atoms with Gasteiger partial charge < -0.3 is 10.6 Å². The van der Waals surface area contributed by atoms with Crippen molar-refractivity contribution in [3.05, 3.63) is 78.9 Å². The molecule has 4 rings (SSSR count). The van der Waals surface area contributed by atoms with E-state index in [1.54, 1.807) is 18.5 Å². The molecule has 2 heterocycles. The highest BCUT2D eigenvalue weighted by Gasteiger charge is 2.07. The normalized spacial score (nSPS) is 13.0. The van der Waals surface area contributed by atoms with Gasteiger partial charge in [0.05, 0.1) is 27.1 Å². The van der Waals surface area contributed by atoms with Crippen LogP contribution in [0.4, 0.5) is 17.2 Å². The molecule has 146 valence electrons. The highest BCUT2D eigenvalue weighted by Crippen LogP contribution is 2.25. The van der Waals surface area contributed by atoms with Gasteiger partial charge in [-0.05, 0) is 48.0 Å². The first-order valence-corrected chi connectivity index (χ1v) is 10.9. The Bertz CT molecular complexity index is 1260. The molecule has 0 amide bonds. The highest BCUT2D eigenvalue weighted by atomic mass is 32.2. The minimum atomic E-state index is -2.72. The van der Waals surface area contributed by atoms with Gasteiger partial charge in [0.25, 0.3) is 0 Å². The second-order valence-electron chi connectivity index (χ2n) is 6.67. The van der Waals surface area contributed by atoms with Crippen LogP contribution in [0.3, 0.4) is 0 Å². The summed E-state index contributed by atoms with van der Waals surface area (Å²) in [4.78, 5) is 13.4. The molecule has 0 saturated carbocycles. The number of aromatic nitrogens is 3. The summed E-state index contributed by atoms with van der Waals surface area (Å²) in [6.45, 7) is 0.556. The Morgan fingerprint density at radius 3 is 2.72 bits per heavy atom. The maximum absolute atomic E-state index is 11.9. The van der Waals surface area contributed by atoms with E-state index in [-0.39, 0.29) is 0 Å². The van der Waals surface area contributed by atoms with Crippen molar-refractivity contribution in [1.82, 2.24) is 15.0 Å². The Kier molecular flexibility index (Phi) is 5.09. The van der Waals surface area contributed by atoms with Crippen LogP contribution in [-0.4, -0.2) is 25.4 Å². The average Bonchev–Trinajstić information content (AvgIpc) is 2.73. The zero-order chi connectivity index (χ0) is 20.3. The summed E-state index contributed by atoms with van der Waals surface area (Å²) >= 11 is 0. The number of nitrogens with one attached hydrogen (secondary N) is 3. The molecule has 7 nitrogen and oxygen atoms in total. The standard InChI is InChI=1S/C21H20N6OS/c1-29(22,28)18-6-2-4-15(10-18)12-24-16-7-8-19-20(11-16)25-14-26-21(19)27-17-5-3-9-23-13-17/h2-11,13-14,22,24H,12H2,1H3,(H,25,26,27). The van der Waals surface area contributed by atoms with E-state index in [0.29, 0.717) is 11.4 Å². The number of pyridine rings is 1. The van der Waals surface area contributed by atoms with Crippen molar-refractivity contribution in [2.45, 2.75) is 11.4 Å². The summed E-state index contributed by atoms with van der Waals surface area (Å²) in [5, 5.41) is 7.53. The van der Waals surface area contributed by atoms with Gasteiger partial charge in [-0.25, -0.2) is 19.0 Å². The molecule has 0 aliphatic carbocycles. The fourth-order valence-electron chi connectivity index (χ4n) is 2.94. The Morgan fingerprint density at radius 2 is 1.93 bits per heavy atom. The average molecular weight is 404 g/mol. The molecule has 0 aliphatic rings. The molecule has 8 heteroatoms. The molecular weight excluding hydrogens is 384 g/mol. The zero-order valence-electron chi connectivity index (χ0n) is 15.8. The van der Waals surface area contributed by atoms with Crippen molar-refractivity contribution in [3.8, 4) is 0 Å². The van der Waals surface area contributed by atoms with E-state index in [1.807, 2.05) is 48.5 Å². The molecule has 2 aromatic heterocycles. The van der Waals surface area contributed by atoms with Crippen molar-refractivity contribution in [3.63, 3.8) is 0 Å². The summed E-state index contributed by atoms with van der Waals surface area (Å²) in [6, 6.07) is 17.0. The van der Waals surface area contributed by atoms with E-state index in [9.17, 15) is 4.21 Å². The van der Waals surface area contributed by atoms with E-state index in [4.69, 9.17) is 4.78 Å². The molecule has 1 unspecified atom stereocenters. The lowest BCUT2D eigenvalue weighted by Gasteiger charge is -2.11. The van der Waals surface area contributed by atoms with Gasteiger partial charge in [0.1, 0.15) is 12.1 Å². The Morgan fingerprint density at radius 1 is 1.03 bits per heavy atom. The van der Waals surface area contributed by atoms with E-state index in [1.165, 1.54) is 12.6 Å². The van der Waals surface area contributed by atoms with Crippen molar-refractivity contribution < 1.29 is 4.21 Å². The van der Waals surface area contributed by atoms with Crippen LogP contribution in [0.2, 0.25) is 0 Å². The second-order valence-corrected chi connectivity index (χ2v) is 8.82. The van der Waals surface area contributed by atoms with Gasteiger partial charge in [0.2, 0.25) is 0 Å². The van der Waals surface area contributed by atoms with Crippen molar-refractivity contribution in [2.75, 3.05) is 16.9 Å². The SMILES string of the molecule is CS(=N)(=O)c1cccc(CNc2ccc3c(Nc4cccnc4)ncnc3c2)c1. The van der Waals surface area contributed by atoms with Crippen LogP contribution in [0.5, 0.6) is 0 Å². The van der Waals surface area contributed by atoms with Crippen LogP contribution in [0.1, 0.15) is 5.56 Å². The first-order valence-electron chi connectivity index (χ1n) is 8.97. The third-order valence-electron chi connectivity index (χ3n) is 4.41. The lowest BCUT2D eigenvalue weighted by Crippen LogP contribution is -2.02. The smallest absolute Gasteiger partial charge is 0.141 e. The van der Waals surface area contributed by atoms with Crippen molar-refractivity contribution in [1.29, 1.82) is 4.78 Å². The largest absolute Gasteiger partial charge is 0.381 e. The summed E-state index contributed by atoms with van der Waals surface area (Å²) < 4.78 is 19.7. The fraction of sp³-hybridized carbons (Fsp3) is 0.0952.